The SMILES string of the molecule is CCS(=O)(=O)N1CCC[C@@H](OCc2nc(-c3ccccc3)no2)C1. The maximum atomic E-state index is 12.0. The monoisotopic (exact) mass is 351 g/mol. The second-order valence-corrected chi connectivity index (χ2v) is 7.97. The molecule has 1 aliphatic rings. The first-order valence-corrected chi connectivity index (χ1v) is 9.67. The second-order valence-electron chi connectivity index (χ2n) is 5.71. The van der Waals surface area contributed by atoms with Crippen molar-refractivity contribution in [2.24, 2.45) is 0 Å². The molecule has 1 aromatic heterocycles. The van der Waals surface area contributed by atoms with Crippen LogP contribution in [0.1, 0.15) is 25.7 Å². The molecule has 8 heteroatoms. The molecule has 0 aliphatic carbocycles. The third-order valence-corrected chi connectivity index (χ3v) is 5.89. The summed E-state index contributed by atoms with van der Waals surface area (Å²) < 4.78 is 36.4. The maximum absolute atomic E-state index is 12.0. The van der Waals surface area contributed by atoms with E-state index in [1.54, 1.807) is 6.92 Å². The number of aromatic nitrogens is 2. The minimum Gasteiger partial charge on any atom is -0.367 e. The number of sulfonamides is 1. The minimum absolute atomic E-state index is 0.115. The predicted octanol–water partition coefficient (Wildman–Crippen LogP) is 2.07. The molecule has 0 amide bonds. The van der Waals surface area contributed by atoms with Gasteiger partial charge in [-0.1, -0.05) is 35.5 Å². The lowest BCUT2D eigenvalue weighted by Crippen LogP contribution is -2.43. The molecular weight excluding hydrogens is 330 g/mol. The van der Waals surface area contributed by atoms with Gasteiger partial charge in [0.2, 0.25) is 15.8 Å². The number of nitrogens with zero attached hydrogens (tertiary/aromatic N) is 3. The molecule has 0 radical (unpaired) electrons. The van der Waals surface area contributed by atoms with Gasteiger partial charge in [-0.15, -0.1) is 0 Å². The van der Waals surface area contributed by atoms with Crippen molar-refractivity contribution >= 4 is 10.0 Å². The average Bonchev–Trinajstić information content (AvgIpc) is 3.10. The Balaban J connectivity index is 1.57. The van der Waals surface area contributed by atoms with E-state index in [0.717, 1.165) is 18.4 Å². The largest absolute Gasteiger partial charge is 0.367 e. The van der Waals surface area contributed by atoms with E-state index < -0.39 is 10.0 Å². The molecule has 0 saturated carbocycles. The van der Waals surface area contributed by atoms with Crippen LogP contribution in [0.15, 0.2) is 34.9 Å². The molecule has 0 bridgehead atoms. The second kappa shape index (κ2) is 7.42. The van der Waals surface area contributed by atoms with E-state index in [-0.39, 0.29) is 18.5 Å². The van der Waals surface area contributed by atoms with E-state index in [9.17, 15) is 8.42 Å². The summed E-state index contributed by atoms with van der Waals surface area (Å²) in [6.45, 7) is 2.79. The molecule has 24 heavy (non-hydrogen) atoms. The first kappa shape index (κ1) is 17.1. The molecule has 1 saturated heterocycles. The maximum Gasteiger partial charge on any atom is 0.252 e. The summed E-state index contributed by atoms with van der Waals surface area (Å²) in [5.74, 6) is 1.03. The van der Waals surface area contributed by atoms with Crippen LogP contribution in [0.5, 0.6) is 0 Å². The fraction of sp³-hybridized carbons (Fsp3) is 0.500. The number of ether oxygens (including phenoxy) is 1. The van der Waals surface area contributed by atoms with Gasteiger partial charge in [0.15, 0.2) is 0 Å². The Morgan fingerprint density at radius 1 is 1.33 bits per heavy atom. The fourth-order valence-electron chi connectivity index (χ4n) is 2.68. The lowest BCUT2D eigenvalue weighted by atomic mass is 10.1. The minimum atomic E-state index is -3.17. The number of benzene rings is 1. The van der Waals surface area contributed by atoms with Crippen molar-refractivity contribution in [1.29, 1.82) is 0 Å². The Labute approximate surface area is 141 Å². The Bertz CT molecular complexity index is 761. The summed E-state index contributed by atoms with van der Waals surface area (Å²) in [6.07, 6.45) is 1.48. The molecule has 1 aromatic carbocycles. The fourth-order valence-corrected chi connectivity index (χ4v) is 3.85. The standard InChI is InChI=1S/C16H21N3O4S/c1-2-24(20,21)19-10-6-9-14(11-19)22-12-15-17-16(18-23-15)13-7-4-3-5-8-13/h3-5,7-8,14H,2,6,9-12H2,1H3/t14-/m1/s1. The van der Waals surface area contributed by atoms with Gasteiger partial charge in [0.05, 0.1) is 11.9 Å². The Morgan fingerprint density at radius 3 is 2.88 bits per heavy atom. The van der Waals surface area contributed by atoms with Crippen LogP contribution < -0.4 is 0 Å². The van der Waals surface area contributed by atoms with Gasteiger partial charge in [0.1, 0.15) is 6.61 Å². The van der Waals surface area contributed by atoms with Crippen LogP contribution in [-0.2, 0) is 21.4 Å². The first-order valence-electron chi connectivity index (χ1n) is 8.06. The predicted molar refractivity (Wildman–Crippen MR) is 88.6 cm³/mol. The van der Waals surface area contributed by atoms with Crippen molar-refractivity contribution < 1.29 is 17.7 Å². The van der Waals surface area contributed by atoms with E-state index in [1.807, 2.05) is 30.3 Å². The Morgan fingerprint density at radius 2 is 2.12 bits per heavy atom. The third-order valence-electron chi connectivity index (χ3n) is 4.04. The van der Waals surface area contributed by atoms with E-state index in [4.69, 9.17) is 9.26 Å². The van der Waals surface area contributed by atoms with Crippen LogP contribution >= 0.6 is 0 Å². The highest BCUT2D eigenvalue weighted by atomic mass is 32.2. The zero-order chi connectivity index (χ0) is 17.0. The van der Waals surface area contributed by atoms with Gasteiger partial charge in [-0.25, -0.2) is 8.42 Å². The van der Waals surface area contributed by atoms with Gasteiger partial charge in [-0.3, -0.25) is 0 Å². The van der Waals surface area contributed by atoms with Crippen LogP contribution in [0.2, 0.25) is 0 Å². The van der Waals surface area contributed by atoms with E-state index in [0.29, 0.717) is 24.8 Å². The molecule has 0 spiro atoms. The van der Waals surface area contributed by atoms with Gasteiger partial charge < -0.3 is 9.26 Å². The van der Waals surface area contributed by atoms with Crippen molar-refractivity contribution in [2.75, 3.05) is 18.8 Å². The van der Waals surface area contributed by atoms with Crippen molar-refractivity contribution in [3.8, 4) is 11.4 Å². The smallest absolute Gasteiger partial charge is 0.252 e. The Hall–Kier alpha value is -1.77. The van der Waals surface area contributed by atoms with E-state index in [2.05, 4.69) is 10.1 Å². The highest BCUT2D eigenvalue weighted by molar-refractivity contribution is 7.89. The normalized spacial score (nSPS) is 19.5. The molecule has 1 aliphatic heterocycles. The molecule has 7 nitrogen and oxygen atoms in total. The number of piperidine rings is 1. The lowest BCUT2D eigenvalue weighted by Gasteiger charge is -2.31. The summed E-state index contributed by atoms with van der Waals surface area (Å²) in [5, 5.41) is 3.95. The number of hydrogen-bond acceptors (Lipinski definition) is 6. The van der Waals surface area contributed by atoms with E-state index >= 15 is 0 Å². The molecule has 0 N–H and O–H groups in total. The molecule has 3 rings (SSSR count). The summed E-state index contributed by atoms with van der Waals surface area (Å²) in [7, 11) is -3.17. The molecule has 1 atom stereocenters. The summed E-state index contributed by atoms with van der Waals surface area (Å²) in [4.78, 5) is 4.31. The topological polar surface area (TPSA) is 85.5 Å². The molecule has 2 aromatic rings. The average molecular weight is 351 g/mol. The van der Waals surface area contributed by atoms with Crippen LogP contribution in [0, 0.1) is 0 Å². The summed E-state index contributed by atoms with van der Waals surface area (Å²) in [6, 6.07) is 9.56. The van der Waals surface area contributed by atoms with Gasteiger partial charge in [-0.05, 0) is 19.8 Å². The van der Waals surface area contributed by atoms with Crippen LogP contribution in [0.25, 0.3) is 11.4 Å². The zero-order valence-corrected chi connectivity index (χ0v) is 14.4. The van der Waals surface area contributed by atoms with Gasteiger partial charge in [0, 0.05) is 18.7 Å². The van der Waals surface area contributed by atoms with Crippen LogP contribution in [0.4, 0.5) is 0 Å². The lowest BCUT2D eigenvalue weighted by molar-refractivity contribution is -0.00293. The van der Waals surface area contributed by atoms with Crippen LogP contribution in [0.3, 0.4) is 0 Å². The molecule has 0 unspecified atom stereocenters. The molecular formula is C16H21N3O4S. The number of rotatable bonds is 6. The molecule has 2 heterocycles. The van der Waals surface area contributed by atoms with Gasteiger partial charge in [0.25, 0.3) is 5.89 Å². The van der Waals surface area contributed by atoms with Crippen molar-refractivity contribution in [2.45, 2.75) is 32.5 Å². The summed E-state index contributed by atoms with van der Waals surface area (Å²) >= 11 is 0. The molecule has 1 fully saturated rings. The first-order chi connectivity index (χ1) is 11.6. The zero-order valence-electron chi connectivity index (χ0n) is 13.6. The van der Waals surface area contributed by atoms with Crippen LogP contribution in [-0.4, -0.2) is 47.8 Å². The van der Waals surface area contributed by atoms with Crippen molar-refractivity contribution in [1.82, 2.24) is 14.4 Å². The van der Waals surface area contributed by atoms with Gasteiger partial charge >= 0.3 is 0 Å². The number of hydrogen-bond donors (Lipinski definition) is 0. The quantitative estimate of drug-likeness (QED) is 0.792. The molecule has 130 valence electrons. The van der Waals surface area contributed by atoms with Gasteiger partial charge in [-0.2, -0.15) is 9.29 Å². The van der Waals surface area contributed by atoms with Crippen molar-refractivity contribution in [3.63, 3.8) is 0 Å². The van der Waals surface area contributed by atoms with E-state index in [1.165, 1.54) is 4.31 Å². The highest BCUT2D eigenvalue weighted by Gasteiger charge is 2.28. The van der Waals surface area contributed by atoms with Crippen molar-refractivity contribution in [3.05, 3.63) is 36.2 Å². The highest BCUT2D eigenvalue weighted by Crippen LogP contribution is 2.19. The Kier molecular flexibility index (Phi) is 5.27. The summed E-state index contributed by atoms with van der Waals surface area (Å²) in [5.41, 5.74) is 0.880. The third kappa shape index (κ3) is 4.00.